The molecule has 202 valence electrons. The number of ketones is 2. The standard InChI is InChI=1S/C31H39N3O4/c1-2-25(35)14-7-4-8-17-28(34-30(37)19-11-18-29(36)23-12-5-3-6-13-23)31(38)32-21-20-24-22-33-27-16-10-9-15-26(24)27/h3,5-6,9-10,12-13,15-16,22,28,33H,2,4,7-8,11,14,17-21H2,1H3,(H,32,38)(H,34,37)/t28-/m0/s1. The van der Waals surface area contributed by atoms with E-state index in [1.165, 1.54) is 0 Å². The number of nitrogens with one attached hydrogen (secondary N) is 3. The number of aromatic amines is 1. The second-order valence-electron chi connectivity index (χ2n) is 9.65. The van der Waals surface area contributed by atoms with E-state index >= 15 is 0 Å². The summed E-state index contributed by atoms with van der Waals surface area (Å²) in [6.45, 7) is 2.32. The molecule has 38 heavy (non-hydrogen) atoms. The Morgan fingerprint density at radius 1 is 0.842 bits per heavy atom. The molecule has 7 heteroatoms. The Morgan fingerprint density at radius 3 is 2.39 bits per heavy atom. The molecule has 3 rings (SSSR count). The Morgan fingerprint density at radius 2 is 1.61 bits per heavy atom. The molecule has 0 spiro atoms. The Bertz CT molecular complexity index is 1200. The molecule has 1 heterocycles. The lowest BCUT2D eigenvalue weighted by Crippen LogP contribution is -2.47. The first-order chi connectivity index (χ1) is 18.5. The van der Waals surface area contributed by atoms with E-state index in [0.29, 0.717) is 44.2 Å². The van der Waals surface area contributed by atoms with E-state index in [0.717, 1.165) is 35.7 Å². The molecular weight excluding hydrogens is 478 g/mol. The minimum atomic E-state index is -0.642. The number of fused-ring (bicyclic) bond motifs is 1. The van der Waals surface area contributed by atoms with Crippen molar-refractivity contribution in [3.8, 4) is 0 Å². The Kier molecular flexibility index (Phi) is 11.8. The maximum absolute atomic E-state index is 13.0. The number of H-pyrrole nitrogens is 1. The summed E-state index contributed by atoms with van der Waals surface area (Å²) in [7, 11) is 0. The van der Waals surface area contributed by atoms with Gasteiger partial charge in [-0.2, -0.15) is 0 Å². The van der Waals surface area contributed by atoms with Crippen LogP contribution in [0.1, 0.15) is 80.6 Å². The van der Waals surface area contributed by atoms with Crippen LogP contribution in [0.15, 0.2) is 60.8 Å². The molecule has 0 fully saturated rings. The maximum Gasteiger partial charge on any atom is 0.242 e. The van der Waals surface area contributed by atoms with Gasteiger partial charge in [0.25, 0.3) is 0 Å². The third-order valence-corrected chi connectivity index (χ3v) is 6.77. The highest BCUT2D eigenvalue weighted by Gasteiger charge is 2.20. The summed E-state index contributed by atoms with van der Waals surface area (Å²) in [5, 5.41) is 7.00. The zero-order valence-electron chi connectivity index (χ0n) is 22.3. The molecule has 0 saturated carbocycles. The number of rotatable bonds is 17. The summed E-state index contributed by atoms with van der Waals surface area (Å²) in [6.07, 6.45) is 7.49. The van der Waals surface area contributed by atoms with E-state index < -0.39 is 6.04 Å². The van der Waals surface area contributed by atoms with Gasteiger partial charge in [-0.1, -0.05) is 68.3 Å². The fourth-order valence-electron chi connectivity index (χ4n) is 4.52. The van der Waals surface area contributed by atoms with Crippen LogP contribution in [-0.4, -0.2) is 41.0 Å². The van der Waals surface area contributed by atoms with Crippen molar-refractivity contribution in [1.29, 1.82) is 0 Å². The number of benzene rings is 2. The first kappa shape index (κ1) is 28.8. The molecule has 0 aliphatic heterocycles. The minimum Gasteiger partial charge on any atom is -0.361 e. The van der Waals surface area contributed by atoms with Gasteiger partial charge < -0.3 is 15.6 Å². The molecule has 0 unspecified atom stereocenters. The number of carbonyl (C=O) groups excluding carboxylic acids is 4. The van der Waals surface area contributed by atoms with Crippen LogP contribution in [0.3, 0.4) is 0 Å². The minimum absolute atomic E-state index is 0.00611. The molecule has 1 aromatic heterocycles. The number of aromatic nitrogens is 1. The van der Waals surface area contributed by atoms with Gasteiger partial charge in [-0.3, -0.25) is 19.2 Å². The Labute approximate surface area is 224 Å². The second kappa shape index (κ2) is 15.5. The van der Waals surface area contributed by atoms with E-state index in [9.17, 15) is 19.2 Å². The van der Waals surface area contributed by atoms with E-state index in [4.69, 9.17) is 0 Å². The lowest BCUT2D eigenvalue weighted by Gasteiger charge is -2.18. The summed E-state index contributed by atoms with van der Waals surface area (Å²) in [6, 6.07) is 16.4. The van der Waals surface area contributed by atoms with Crippen LogP contribution < -0.4 is 10.6 Å². The average Bonchev–Trinajstić information content (AvgIpc) is 3.35. The van der Waals surface area contributed by atoms with Gasteiger partial charge in [-0.25, -0.2) is 0 Å². The van der Waals surface area contributed by atoms with Crippen LogP contribution >= 0.6 is 0 Å². The number of para-hydroxylation sites is 1. The van der Waals surface area contributed by atoms with Crippen molar-refractivity contribution < 1.29 is 19.2 Å². The largest absolute Gasteiger partial charge is 0.361 e. The van der Waals surface area contributed by atoms with Crippen LogP contribution in [0.25, 0.3) is 10.9 Å². The van der Waals surface area contributed by atoms with Crippen molar-refractivity contribution in [3.63, 3.8) is 0 Å². The van der Waals surface area contributed by atoms with E-state index in [1.807, 2.05) is 49.5 Å². The SMILES string of the molecule is CCC(=O)CCCCC[C@H](NC(=O)CCCC(=O)c1ccccc1)C(=O)NCCc1c[nH]c2ccccc12. The lowest BCUT2D eigenvalue weighted by molar-refractivity contribution is -0.129. The third kappa shape index (κ3) is 9.29. The molecule has 2 amide bonds. The first-order valence-electron chi connectivity index (χ1n) is 13.7. The highest BCUT2D eigenvalue weighted by atomic mass is 16.2. The summed E-state index contributed by atoms with van der Waals surface area (Å²) >= 11 is 0. The number of amides is 2. The van der Waals surface area contributed by atoms with Crippen LogP contribution in [0.2, 0.25) is 0 Å². The van der Waals surface area contributed by atoms with E-state index in [1.54, 1.807) is 12.1 Å². The van der Waals surface area contributed by atoms with Gasteiger partial charge >= 0.3 is 0 Å². The molecule has 0 aliphatic carbocycles. The monoisotopic (exact) mass is 517 g/mol. The van der Waals surface area contributed by atoms with Gasteiger partial charge in [0.1, 0.15) is 11.8 Å². The van der Waals surface area contributed by atoms with Crippen LogP contribution in [0.5, 0.6) is 0 Å². The van der Waals surface area contributed by atoms with Gasteiger partial charge in [0.05, 0.1) is 0 Å². The molecule has 1 atom stereocenters. The van der Waals surface area contributed by atoms with Gasteiger partial charge in [0.15, 0.2) is 5.78 Å². The first-order valence-corrected chi connectivity index (χ1v) is 13.7. The summed E-state index contributed by atoms with van der Waals surface area (Å²) in [5.74, 6) is -0.187. The van der Waals surface area contributed by atoms with Crippen molar-refractivity contribution in [2.45, 2.75) is 77.2 Å². The van der Waals surface area contributed by atoms with E-state index in [2.05, 4.69) is 21.7 Å². The predicted molar refractivity (Wildman–Crippen MR) is 150 cm³/mol. The van der Waals surface area contributed by atoms with Crippen molar-refractivity contribution >= 4 is 34.3 Å². The molecular formula is C31H39N3O4. The Hall–Kier alpha value is -3.74. The van der Waals surface area contributed by atoms with Crippen LogP contribution in [0, 0.1) is 0 Å². The number of hydrogen-bond acceptors (Lipinski definition) is 4. The second-order valence-corrected chi connectivity index (χ2v) is 9.65. The topological polar surface area (TPSA) is 108 Å². The fraction of sp³-hybridized carbons (Fsp3) is 0.419. The van der Waals surface area contributed by atoms with Crippen LogP contribution in [0.4, 0.5) is 0 Å². The number of unbranched alkanes of at least 4 members (excludes halogenated alkanes) is 2. The van der Waals surface area contributed by atoms with E-state index in [-0.39, 0.29) is 36.2 Å². The van der Waals surface area contributed by atoms with Gasteiger partial charge in [0, 0.05) is 54.9 Å². The lowest BCUT2D eigenvalue weighted by atomic mass is 10.0. The van der Waals surface area contributed by atoms with Crippen molar-refractivity contribution in [2.75, 3.05) is 6.54 Å². The molecule has 7 nitrogen and oxygen atoms in total. The third-order valence-electron chi connectivity index (χ3n) is 6.77. The highest BCUT2D eigenvalue weighted by molar-refractivity contribution is 5.96. The number of Topliss-reactive ketones (excluding diaryl/α,β-unsaturated/α-hetero) is 2. The van der Waals surface area contributed by atoms with Crippen molar-refractivity contribution in [1.82, 2.24) is 15.6 Å². The van der Waals surface area contributed by atoms with Crippen LogP contribution in [-0.2, 0) is 20.8 Å². The van der Waals surface area contributed by atoms with Gasteiger partial charge in [-0.05, 0) is 37.3 Å². The molecule has 3 N–H and O–H groups in total. The fourth-order valence-corrected chi connectivity index (χ4v) is 4.52. The van der Waals surface area contributed by atoms with Gasteiger partial charge in [0.2, 0.25) is 11.8 Å². The normalized spacial score (nSPS) is 11.7. The average molecular weight is 518 g/mol. The molecule has 0 bridgehead atoms. The molecule has 0 saturated heterocycles. The zero-order chi connectivity index (χ0) is 27.2. The number of hydrogen-bond donors (Lipinski definition) is 3. The van der Waals surface area contributed by atoms with Crippen molar-refractivity contribution in [2.24, 2.45) is 0 Å². The summed E-state index contributed by atoms with van der Waals surface area (Å²) in [4.78, 5) is 52.8. The molecule has 0 radical (unpaired) electrons. The van der Waals surface area contributed by atoms with Gasteiger partial charge in [-0.15, -0.1) is 0 Å². The highest BCUT2D eigenvalue weighted by Crippen LogP contribution is 2.18. The predicted octanol–water partition coefficient (Wildman–Crippen LogP) is 5.29. The number of carbonyl (C=O) groups is 4. The summed E-state index contributed by atoms with van der Waals surface area (Å²) in [5.41, 5.74) is 2.83. The summed E-state index contributed by atoms with van der Waals surface area (Å²) < 4.78 is 0. The smallest absolute Gasteiger partial charge is 0.242 e. The van der Waals surface area contributed by atoms with Crippen molar-refractivity contribution in [3.05, 3.63) is 71.9 Å². The Balaban J connectivity index is 1.48. The quantitative estimate of drug-likeness (QED) is 0.167. The molecule has 3 aromatic rings. The maximum atomic E-state index is 13.0. The zero-order valence-corrected chi connectivity index (χ0v) is 22.3. The molecule has 2 aromatic carbocycles. The molecule has 0 aliphatic rings.